The molecule has 108 valence electrons. The summed E-state index contributed by atoms with van der Waals surface area (Å²) in [6.45, 7) is 3.58. The molecule has 0 radical (unpaired) electrons. The summed E-state index contributed by atoms with van der Waals surface area (Å²) in [4.78, 5) is 25.2. The monoisotopic (exact) mass is 274 g/mol. The minimum Gasteiger partial charge on any atom is -0.326 e. The maximum Gasteiger partial charge on any atom is 0.227 e. The van der Waals surface area contributed by atoms with Crippen LogP contribution in [0.1, 0.15) is 46.0 Å². The molecule has 4 heteroatoms. The Morgan fingerprint density at radius 1 is 1.25 bits per heavy atom. The fourth-order valence-electron chi connectivity index (χ4n) is 2.25. The Labute approximate surface area is 120 Å². The van der Waals surface area contributed by atoms with Crippen LogP contribution in [0.3, 0.4) is 0 Å². The van der Waals surface area contributed by atoms with E-state index in [4.69, 9.17) is 0 Å². The third-order valence-corrected chi connectivity index (χ3v) is 3.39. The summed E-state index contributed by atoms with van der Waals surface area (Å²) in [5, 5.41) is 2.74. The highest BCUT2D eigenvalue weighted by Crippen LogP contribution is 2.33. The van der Waals surface area contributed by atoms with Gasteiger partial charge >= 0.3 is 0 Å². The van der Waals surface area contributed by atoms with Crippen LogP contribution in [-0.2, 0) is 9.59 Å². The van der Waals surface area contributed by atoms with E-state index < -0.39 is 0 Å². The quantitative estimate of drug-likeness (QED) is 0.865. The number of nitrogens with zero attached hydrogens (tertiary/aromatic N) is 1. The number of amides is 2. The van der Waals surface area contributed by atoms with Gasteiger partial charge in [0.1, 0.15) is 0 Å². The molecule has 1 fully saturated rings. The number of carbonyl (C=O) groups is 2. The van der Waals surface area contributed by atoms with Crippen molar-refractivity contribution in [2.75, 3.05) is 10.2 Å². The predicted octanol–water partition coefficient (Wildman–Crippen LogP) is 3.33. The molecule has 0 bridgehead atoms. The van der Waals surface area contributed by atoms with Gasteiger partial charge in [-0.15, -0.1) is 0 Å². The number of nitrogens with one attached hydrogen (secondary N) is 1. The van der Waals surface area contributed by atoms with Crippen LogP contribution in [0.25, 0.3) is 0 Å². The van der Waals surface area contributed by atoms with Crippen LogP contribution in [0, 0.1) is 0 Å². The molecular weight excluding hydrogens is 252 g/mol. The molecular formula is C16H22N2O2. The second-order valence-electron chi connectivity index (χ2n) is 5.33. The number of rotatable bonds is 6. The maximum absolute atomic E-state index is 12.3. The van der Waals surface area contributed by atoms with Crippen LogP contribution in [0.4, 0.5) is 11.4 Å². The van der Waals surface area contributed by atoms with Gasteiger partial charge in [-0.05, 0) is 43.5 Å². The van der Waals surface area contributed by atoms with Crippen LogP contribution in [0.5, 0.6) is 0 Å². The number of hydrogen-bond acceptors (Lipinski definition) is 2. The molecule has 4 nitrogen and oxygen atoms in total. The summed E-state index contributed by atoms with van der Waals surface area (Å²) in [7, 11) is 0. The molecule has 2 amide bonds. The molecule has 20 heavy (non-hydrogen) atoms. The molecule has 1 saturated carbocycles. The first kappa shape index (κ1) is 14.6. The van der Waals surface area contributed by atoms with Crippen molar-refractivity contribution < 1.29 is 9.59 Å². The van der Waals surface area contributed by atoms with Gasteiger partial charge in [-0.1, -0.05) is 13.3 Å². The smallest absolute Gasteiger partial charge is 0.227 e. The van der Waals surface area contributed by atoms with Crippen LogP contribution in [0.2, 0.25) is 0 Å². The molecule has 1 aromatic rings. The first-order valence-corrected chi connectivity index (χ1v) is 7.31. The van der Waals surface area contributed by atoms with E-state index in [-0.39, 0.29) is 11.8 Å². The number of benzene rings is 1. The third-order valence-electron chi connectivity index (χ3n) is 3.39. The highest BCUT2D eigenvalue weighted by molar-refractivity contribution is 5.95. The summed E-state index contributed by atoms with van der Waals surface area (Å²) >= 11 is 0. The van der Waals surface area contributed by atoms with Crippen LogP contribution in [-0.4, -0.2) is 17.9 Å². The number of unbranched alkanes of at least 4 members (excludes halogenated alkanes) is 1. The summed E-state index contributed by atoms with van der Waals surface area (Å²) in [6.07, 6.45) is 4.76. The molecule has 0 heterocycles. The summed E-state index contributed by atoms with van der Waals surface area (Å²) < 4.78 is 0. The molecule has 0 aliphatic heterocycles. The third kappa shape index (κ3) is 3.83. The van der Waals surface area contributed by atoms with Crippen molar-refractivity contribution in [3.05, 3.63) is 24.3 Å². The van der Waals surface area contributed by atoms with Crippen LogP contribution < -0.4 is 10.2 Å². The zero-order valence-electron chi connectivity index (χ0n) is 12.2. The minimum absolute atomic E-state index is 0.0872. The van der Waals surface area contributed by atoms with E-state index in [2.05, 4.69) is 12.2 Å². The Morgan fingerprint density at radius 3 is 2.40 bits per heavy atom. The van der Waals surface area contributed by atoms with Gasteiger partial charge in [0, 0.05) is 30.8 Å². The fourth-order valence-corrected chi connectivity index (χ4v) is 2.25. The van der Waals surface area contributed by atoms with Crippen LogP contribution in [0.15, 0.2) is 24.3 Å². The van der Waals surface area contributed by atoms with E-state index in [1.165, 1.54) is 6.92 Å². The minimum atomic E-state index is -0.0872. The lowest BCUT2D eigenvalue weighted by atomic mass is 10.2. The topological polar surface area (TPSA) is 49.4 Å². The average molecular weight is 274 g/mol. The number of anilines is 2. The average Bonchev–Trinajstić information content (AvgIpc) is 3.22. The molecule has 0 unspecified atom stereocenters. The Bertz CT molecular complexity index is 478. The van der Waals surface area contributed by atoms with E-state index in [1.807, 2.05) is 29.2 Å². The SMILES string of the molecule is CCCCC(=O)N(c1ccc(NC(C)=O)cc1)C1CC1. The van der Waals surface area contributed by atoms with Gasteiger partial charge in [-0.2, -0.15) is 0 Å². The van der Waals surface area contributed by atoms with Gasteiger partial charge in [-0.3, -0.25) is 9.59 Å². The van der Waals surface area contributed by atoms with E-state index in [9.17, 15) is 9.59 Å². The summed E-state index contributed by atoms with van der Waals surface area (Å²) in [5.41, 5.74) is 1.70. The largest absolute Gasteiger partial charge is 0.326 e. The molecule has 1 aromatic carbocycles. The Hall–Kier alpha value is -1.84. The normalized spacial score (nSPS) is 13.9. The molecule has 1 aliphatic carbocycles. The van der Waals surface area contributed by atoms with Crippen molar-refractivity contribution in [2.24, 2.45) is 0 Å². The second kappa shape index (κ2) is 6.55. The van der Waals surface area contributed by atoms with Crippen LogP contribution >= 0.6 is 0 Å². The maximum atomic E-state index is 12.3. The molecule has 0 atom stereocenters. The lowest BCUT2D eigenvalue weighted by molar-refractivity contribution is -0.119. The molecule has 0 saturated heterocycles. The predicted molar refractivity (Wildman–Crippen MR) is 80.8 cm³/mol. The van der Waals surface area contributed by atoms with Crippen molar-refractivity contribution in [1.82, 2.24) is 0 Å². The Morgan fingerprint density at radius 2 is 1.90 bits per heavy atom. The van der Waals surface area contributed by atoms with E-state index in [0.29, 0.717) is 12.5 Å². The van der Waals surface area contributed by atoms with E-state index in [0.717, 1.165) is 37.1 Å². The van der Waals surface area contributed by atoms with Gasteiger partial charge in [0.25, 0.3) is 0 Å². The second-order valence-corrected chi connectivity index (χ2v) is 5.33. The Kier molecular flexibility index (Phi) is 4.77. The zero-order chi connectivity index (χ0) is 14.5. The number of carbonyl (C=O) groups excluding carboxylic acids is 2. The highest BCUT2D eigenvalue weighted by atomic mass is 16.2. The van der Waals surface area contributed by atoms with Crippen molar-refractivity contribution in [3.8, 4) is 0 Å². The lowest BCUT2D eigenvalue weighted by Gasteiger charge is -2.23. The molecule has 0 spiro atoms. The van der Waals surface area contributed by atoms with E-state index in [1.54, 1.807) is 0 Å². The fraction of sp³-hybridized carbons (Fsp3) is 0.500. The Balaban J connectivity index is 2.09. The lowest BCUT2D eigenvalue weighted by Crippen LogP contribution is -2.32. The van der Waals surface area contributed by atoms with Gasteiger partial charge in [0.15, 0.2) is 0 Å². The first-order chi connectivity index (χ1) is 9.61. The standard InChI is InChI=1S/C16H22N2O2/c1-3-4-5-16(20)18(15-10-11-15)14-8-6-13(7-9-14)17-12(2)19/h6-9,15H,3-5,10-11H2,1-2H3,(H,17,19). The van der Waals surface area contributed by atoms with Gasteiger partial charge in [0.2, 0.25) is 11.8 Å². The van der Waals surface area contributed by atoms with Crippen molar-refractivity contribution >= 4 is 23.2 Å². The molecule has 1 N–H and O–H groups in total. The van der Waals surface area contributed by atoms with Crippen molar-refractivity contribution in [2.45, 2.75) is 52.0 Å². The van der Waals surface area contributed by atoms with E-state index >= 15 is 0 Å². The zero-order valence-corrected chi connectivity index (χ0v) is 12.2. The molecule has 1 aliphatic rings. The van der Waals surface area contributed by atoms with Gasteiger partial charge in [0.05, 0.1) is 0 Å². The van der Waals surface area contributed by atoms with Gasteiger partial charge in [-0.25, -0.2) is 0 Å². The first-order valence-electron chi connectivity index (χ1n) is 7.31. The summed E-state index contributed by atoms with van der Waals surface area (Å²) in [6, 6.07) is 7.88. The van der Waals surface area contributed by atoms with Crippen molar-refractivity contribution in [1.29, 1.82) is 0 Å². The summed E-state index contributed by atoms with van der Waals surface area (Å²) in [5.74, 6) is 0.123. The highest BCUT2D eigenvalue weighted by Gasteiger charge is 2.33. The number of hydrogen-bond donors (Lipinski definition) is 1. The van der Waals surface area contributed by atoms with Gasteiger partial charge < -0.3 is 10.2 Å². The molecule has 0 aromatic heterocycles. The molecule has 2 rings (SSSR count). The van der Waals surface area contributed by atoms with Crippen molar-refractivity contribution in [3.63, 3.8) is 0 Å².